The Morgan fingerprint density at radius 2 is 1.94 bits per heavy atom. The summed E-state index contributed by atoms with van der Waals surface area (Å²) in [5, 5.41) is 12.1. The van der Waals surface area contributed by atoms with Gasteiger partial charge >= 0.3 is 0 Å². The van der Waals surface area contributed by atoms with E-state index in [0.29, 0.717) is 23.4 Å². The van der Waals surface area contributed by atoms with Gasteiger partial charge in [0.2, 0.25) is 0 Å². The maximum atomic E-state index is 13.4. The molecule has 0 unspecified atom stereocenters. The number of nitriles is 1. The molecule has 1 N–H and O–H groups in total. The summed E-state index contributed by atoms with van der Waals surface area (Å²) in [5.41, 5.74) is 1.78. The quantitative estimate of drug-likeness (QED) is 0.927. The van der Waals surface area contributed by atoms with Gasteiger partial charge in [0.25, 0.3) is 0 Å². The summed E-state index contributed by atoms with van der Waals surface area (Å²) in [6, 6.07) is 14.1. The molecule has 0 aliphatic heterocycles. The number of halogens is 2. The largest absolute Gasteiger partial charge is 0.380 e. The van der Waals surface area contributed by atoms with Crippen molar-refractivity contribution in [3.63, 3.8) is 0 Å². The first kappa shape index (κ1) is 12.6. The molecule has 0 saturated heterocycles. The molecular weight excluding hydrogens is 295 g/mol. The Morgan fingerprint density at radius 1 is 1.17 bits per heavy atom. The molecule has 0 aliphatic rings. The Balaban J connectivity index is 2.19. The third kappa shape index (κ3) is 2.69. The van der Waals surface area contributed by atoms with E-state index in [0.717, 1.165) is 4.47 Å². The highest BCUT2D eigenvalue weighted by molar-refractivity contribution is 9.10. The van der Waals surface area contributed by atoms with E-state index in [1.54, 1.807) is 30.3 Å². The summed E-state index contributed by atoms with van der Waals surface area (Å²) in [6.45, 7) is 0.345. The van der Waals surface area contributed by atoms with Crippen LogP contribution in [0.25, 0.3) is 0 Å². The van der Waals surface area contributed by atoms with Crippen LogP contribution in [0.2, 0.25) is 0 Å². The van der Waals surface area contributed by atoms with Crippen LogP contribution in [0, 0.1) is 17.1 Å². The zero-order chi connectivity index (χ0) is 13.0. The molecule has 2 aromatic rings. The van der Waals surface area contributed by atoms with Crippen LogP contribution in [-0.2, 0) is 6.54 Å². The number of benzene rings is 2. The molecule has 0 heterocycles. The van der Waals surface area contributed by atoms with Crippen molar-refractivity contribution in [3.8, 4) is 6.07 Å². The zero-order valence-electron chi connectivity index (χ0n) is 9.45. The van der Waals surface area contributed by atoms with Gasteiger partial charge in [0, 0.05) is 16.6 Å². The van der Waals surface area contributed by atoms with E-state index in [9.17, 15) is 4.39 Å². The Labute approximate surface area is 113 Å². The normalized spacial score (nSPS) is 9.83. The fourth-order valence-electron chi connectivity index (χ4n) is 1.62. The summed E-state index contributed by atoms with van der Waals surface area (Å²) in [4.78, 5) is 0. The van der Waals surface area contributed by atoms with Gasteiger partial charge in [-0.1, -0.05) is 24.3 Å². The Kier molecular flexibility index (Phi) is 3.96. The molecule has 0 aromatic heterocycles. The summed E-state index contributed by atoms with van der Waals surface area (Å²) >= 11 is 3.31. The molecule has 2 aromatic carbocycles. The van der Waals surface area contributed by atoms with Gasteiger partial charge in [-0.3, -0.25) is 0 Å². The molecule has 4 heteroatoms. The maximum Gasteiger partial charge on any atom is 0.128 e. The van der Waals surface area contributed by atoms with Crippen LogP contribution in [0.4, 0.5) is 10.1 Å². The number of nitrogens with one attached hydrogen (secondary N) is 1. The first-order chi connectivity index (χ1) is 8.72. The molecule has 18 heavy (non-hydrogen) atoms. The van der Waals surface area contributed by atoms with Crippen molar-refractivity contribution in [3.05, 3.63) is 63.9 Å². The average molecular weight is 305 g/mol. The number of hydrogen-bond acceptors (Lipinski definition) is 2. The standard InChI is InChI=1S/C14H10BrFN2/c15-12-5-3-7-14(11(12)8-17)18-9-10-4-1-2-6-13(10)16/h1-7,18H,9H2. The molecule has 0 fully saturated rings. The smallest absolute Gasteiger partial charge is 0.128 e. The van der Waals surface area contributed by atoms with Crippen LogP contribution in [0.1, 0.15) is 11.1 Å². The minimum Gasteiger partial charge on any atom is -0.380 e. The molecule has 0 amide bonds. The molecular formula is C14H10BrFN2. The predicted molar refractivity (Wildman–Crippen MR) is 72.6 cm³/mol. The van der Waals surface area contributed by atoms with Crippen molar-refractivity contribution in [1.29, 1.82) is 5.26 Å². The second kappa shape index (κ2) is 5.65. The minimum absolute atomic E-state index is 0.251. The van der Waals surface area contributed by atoms with E-state index in [1.165, 1.54) is 6.07 Å². The summed E-state index contributed by atoms with van der Waals surface area (Å²) in [5.74, 6) is -0.251. The van der Waals surface area contributed by atoms with Crippen molar-refractivity contribution in [1.82, 2.24) is 0 Å². The molecule has 0 saturated carbocycles. The van der Waals surface area contributed by atoms with Gasteiger partial charge in [-0.15, -0.1) is 0 Å². The van der Waals surface area contributed by atoms with Crippen molar-refractivity contribution >= 4 is 21.6 Å². The van der Waals surface area contributed by atoms with Crippen LogP contribution in [0.15, 0.2) is 46.9 Å². The van der Waals surface area contributed by atoms with E-state index in [4.69, 9.17) is 5.26 Å². The van der Waals surface area contributed by atoms with Gasteiger partial charge in [-0.25, -0.2) is 4.39 Å². The van der Waals surface area contributed by atoms with Crippen LogP contribution in [0.3, 0.4) is 0 Å². The van der Waals surface area contributed by atoms with Gasteiger partial charge < -0.3 is 5.32 Å². The maximum absolute atomic E-state index is 13.4. The van der Waals surface area contributed by atoms with Gasteiger partial charge in [0.05, 0.1) is 11.3 Å². The van der Waals surface area contributed by atoms with Gasteiger partial charge in [-0.2, -0.15) is 5.26 Å². The van der Waals surface area contributed by atoms with Crippen LogP contribution < -0.4 is 5.32 Å². The molecule has 0 spiro atoms. The highest BCUT2D eigenvalue weighted by Crippen LogP contribution is 2.24. The third-order valence-corrected chi connectivity index (χ3v) is 3.21. The first-order valence-corrected chi connectivity index (χ1v) is 6.17. The van der Waals surface area contributed by atoms with E-state index in [2.05, 4.69) is 27.3 Å². The third-order valence-electron chi connectivity index (χ3n) is 2.55. The SMILES string of the molecule is N#Cc1c(Br)cccc1NCc1ccccc1F. The lowest BCUT2D eigenvalue weighted by Gasteiger charge is -2.09. The van der Waals surface area contributed by atoms with E-state index >= 15 is 0 Å². The number of rotatable bonds is 3. The topological polar surface area (TPSA) is 35.8 Å². The Hall–Kier alpha value is -1.86. The highest BCUT2D eigenvalue weighted by Gasteiger charge is 2.06. The summed E-state index contributed by atoms with van der Waals surface area (Å²) in [7, 11) is 0. The van der Waals surface area contributed by atoms with Crippen molar-refractivity contribution in [2.24, 2.45) is 0 Å². The summed E-state index contributed by atoms with van der Waals surface area (Å²) < 4.78 is 14.2. The van der Waals surface area contributed by atoms with Crippen molar-refractivity contribution in [2.45, 2.75) is 6.54 Å². The number of hydrogen-bond donors (Lipinski definition) is 1. The Bertz CT molecular complexity index is 605. The fraction of sp³-hybridized carbons (Fsp3) is 0.0714. The minimum atomic E-state index is -0.251. The van der Waals surface area contributed by atoms with Gasteiger partial charge in [0.1, 0.15) is 11.9 Å². The number of anilines is 1. The second-order valence-corrected chi connectivity index (χ2v) is 4.57. The molecule has 90 valence electrons. The van der Waals surface area contributed by atoms with E-state index in [1.807, 2.05) is 6.07 Å². The number of nitrogens with zero attached hydrogens (tertiary/aromatic N) is 1. The highest BCUT2D eigenvalue weighted by atomic mass is 79.9. The molecule has 2 rings (SSSR count). The molecule has 0 aliphatic carbocycles. The molecule has 2 nitrogen and oxygen atoms in total. The second-order valence-electron chi connectivity index (χ2n) is 3.72. The predicted octanol–water partition coefficient (Wildman–Crippen LogP) is 4.07. The molecule has 0 bridgehead atoms. The van der Waals surface area contributed by atoms with Crippen molar-refractivity contribution in [2.75, 3.05) is 5.32 Å². The van der Waals surface area contributed by atoms with Gasteiger partial charge in [0.15, 0.2) is 0 Å². The van der Waals surface area contributed by atoms with Gasteiger partial charge in [-0.05, 0) is 34.1 Å². The monoisotopic (exact) mass is 304 g/mol. The van der Waals surface area contributed by atoms with Crippen LogP contribution in [-0.4, -0.2) is 0 Å². The average Bonchev–Trinajstić information content (AvgIpc) is 2.38. The van der Waals surface area contributed by atoms with E-state index < -0.39 is 0 Å². The summed E-state index contributed by atoms with van der Waals surface area (Å²) in [6.07, 6.45) is 0. The molecule has 0 radical (unpaired) electrons. The first-order valence-electron chi connectivity index (χ1n) is 5.38. The lowest BCUT2D eigenvalue weighted by Crippen LogP contribution is -2.03. The van der Waals surface area contributed by atoms with E-state index in [-0.39, 0.29) is 5.82 Å². The zero-order valence-corrected chi connectivity index (χ0v) is 11.0. The lowest BCUT2D eigenvalue weighted by molar-refractivity contribution is 0.613. The van der Waals surface area contributed by atoms with Crippen molar-refractivity contribution < 1.29 is 4.39 Å². The van der Waals surface area contributed by atoms with Crippen LogP contribution >= 0.6 is 15.9 Å². The lowest BCUT2D eigenvalue weighted by atomic mass is 10.1. The Morgan fingerprint density at radius 3 is 2.67 bits per heavy atom. The molecule has 0 atom stereocenters. The fourth-order valence-corrected chi connectivity index (χ4v) is 2.07. The van der Waals surface area contributed by atoms with Crippen LogP contribution in [0.5, 0.6) is 0 Å².